The summed E-state index contributed by atoms with van der Waals surface area (Å²) in [5.41, 5.74) is 1.44. The molecule has 16 heavy (non-hydrogen) atoms. The van der Waals surface area contributed by atoms with Gasteiger partial charge < -0.3 is 5.32 Å². The average molecular weight is 226 g/mol. The number of rotatable bonds is 7. The SMILES string of the molecule is C=C(C)CN(C)C(CCC)CNC(C)(C)C. The molecule has 1 atom stereocenters. The van der Waals surface area contributed by atoms with Gasteiger partial charge in [0.2, 0.25) is 0 Å². The molecule has 0 aliphatic rings. The average Bonchev–Trinajstić information content (AvgIpc) is 2.09. The lowest BCUT2D eigenvalue weighted by Gasteiger charge is -2.31. The number of likely N-dealkylation sites (N-methyl/N-ethyl adjacent to an activating group) is 1. The maximum atomic E-state index is 3.98. The first-order valence-electron chi connectivity index (χ1n) is 6.36. The largest absolute Gasteiger partial charge is 0.311 e. The first-order chi connectivity index (χ1) is 7.26. The van der Waals surface area contributed by atoms with E-state index in [2.05, 4.69) is 58.5 Å². The smallest absolute Gasteiger partial charge is 0.0221 e. The van der Waals surface area contributed by atoms with Crippen molar-refractivity contribution in [2.75, 3.05) is 20.1 Å². The fourth-order valence-corrected chi connectivity index (χ4v) is 1.79. The number of nitrogens with zero attached hydrogens (tertiary/aromatic N) is 1. The van der Waals surface area contributed by atoms with E-state index in [4.69, 9.17) is 0 Å². The zero-order valence-electron chi connectivity index (χ0n) is 12.1. The van der Waals surface area contributed by atoms with Crippen molar-refractivity contribution in [3.8, 4) is 0 Å². The summed E-state index contributed by atoms with van der Waals surface area (Å²) < 4.78 is 0. The Bertz CT molecular complexity index is 203. The van der Waals surface area contributed by atoms with E-state index in [0.29, 0.717) is 6.04 Å². The van der Waals surface area contributed by atoms with Crippen LogP contribution in [0.1, 0.15) is 47.5 Å². The summed E-state index contributed by atoms with van der Waals surface area (Å²) in [6, 6.07) is 0.612. The minimum absolute atomic E-state index is 0.204. The van der Waals surface area contributed by atoms with Crippen molar-refractivity contribution in [1.29, 1.82) is 0 Å². The molecule has 1 N–H and O–H groups in total. The van der Waals surface area contributed by atoms with Crippen molar-refractivity contribution < 1.29 is 0 Å². The van der Waals surface area contributed by atoms with Crippen LogP contribution in [0.15, 0.2) is 12.2 Å². The second-order valence-corrected chi connectivity index (χ2v) is 5.95. The van der Waals surface area contributed by atoms with Crippen LogP contribution in [-0.4, -0.2) is 36.6 Å². The standard InChI is InChI=1S/C14H30N2/c1-8-9-13(10-15-14(4,5)6)16(7)11-12(2)3/h13,15H,2,8-11H2,1,3-7H3. The zero-order valence-corrected chi connectivity index (χ0v) is 12.1. The highest BCUT2D eigenvalue weighted by molar-refractivity contribution is 4.93. The first-order valence-corrected chi connectivity index (χ1v) is 6.36. The molecule has 0 aliphatic heterocycles. The topological polar surface area (TPSA) is 15.3 Å². The molecule has 0 amide bonds. The molecule has 0 radical (unpaired) electrons. The van der Waals surface area contributed by atoms with Crippen molar-refractivity contribution in [1.82, 2.24) is 10.2 Å². The molecule has 2 nitrogen and oxygen atoms in total. The molecule has 0 saturated heterocycles. The summed E-state index contributed by atoms with van der Waals surface area (Å²) in [4.78, 5) is 2.41. The summed E-state index contributed by atoms with van der Waals surface area (Å²) >= 11 is 0. The third kappa shape index (κ3) is 7.89. The third-order valence-electron chi connectivity index (χ3n) is 2.63. The van der Waals surface area contributed by atoms with E-state index in [-0.39, 0.29) is 5.54 Å². The molecule has 0 saturated carbocycles. The summed E-state index contributed by atoms with van der Waals surface area (Å²) in [6.45, 7) is 17.0. The van der Waals surface area contributed by atoms with Crippen molar-refractivity contribution in [2.45, 2.75) is 59.0 Å². The quantitative estimate of drug-likeness (QED) is 0.671. The van der Waals surface area contributed by atoms with Gasteiger partial charge in [-0.3, -0.25) is 4.90 Å². The number of hydrogen-bond donors (Lipinski definition) is 1. The lowest BCUT2D eigenvalue weighted by atomic mass is 10.1. The van der Waals surface area contributed by atoms with E-state index < -0.39 is 0 Å². The molecule has 0 aliphatic carbocycles. The van der Waals surface area contributed by atoms with Gasteiger partial charge in [0.1, 0.15) is 0 Å². The Morgan fingerprint density at radius 3 is 2.31 bits per heavy atom. The Morgan fingerprint density at radius 1 is 1.38 bits per heavy atom. The van der Waals surface area contributed by atoms with Crippen LogP contribution in [0.2, 0.25) is 0 Å². The predicted octanol–water partition coefficient (Wildman–Crippen LogP) is 3.05. The Hall–Kier alpha value is -0.340. The minimum atomic E-state index is 0.204. The van der Waals surface area contributed by atoms with Crippen molar-refractivity contribution in [3.05, 3.63) is 12.2 Å². The van der Waals surface area contributed by atoms with Gasteiger partial charge >= 0.3 is 0 Å². The lowest BCUT2D eigenvalue weighted by molar-refractivity contribution is 0.224. The molecule has 2 heteroatoms. The molecular formula is C14H30N2. The fourth-order valence-electron chi connectivity index (χ4n) is 1.79. The van der Waals surface area contributed by atoms with E-state index in [1.807, 2.05) is 0 Å². The van der Waals surface area contributed by atoms with Gasteiger partial charge in [0.25, 0.3) is 0 Å². The summed E-state index contributed by atoms with van der Waals surface area (Å²) in [6.07, 6.45) is 2.48. The van der Waals surface area contributed by atoms with Crippen molar-refractivity contribution >= 4 is 0 Å². The number of hydrogen-bond acceptors (Lipinski definition) is 2. The summed E-state index contributed by atoms with van der Waals surface area (Å²) in [7, 11) is 2.19. The molecule has 0 fully saturated rings. The molecule has 0 heterocycles. The van der Waals surface area contributed by atoms with Crippen LogP contribution in [0.5, 0.6) is 0 Å². The third-order valence-corrected chi connectivity index (χ3v) is 2.63. The highest BCUT2D eigenvalue weighted by Crippen LogP contribution is 2.08. The van der Waals surface area contributed by atoms with Gasteiger partial charge in [0, 0.05) is 24.7 Å². The summed E-state index contributed by atoms with van der Waals surface area (Å²) in [5, 5.41) is 3.59. The van der Waals surface area contributed by atoms with Crippen LogP contribution >= 0.6 is 0 Å². The second-order valence-electron chi connectivity index (χ2n) is 5.95. The molecule has 0 aromatic carbocycles. The second kappa shape index (κ2) is 7.08. The van der Waals surface area contributed by atoms with E-state index in [9.17, 15) is 0 Å². The highest BCUT2D eigenvalue weighted by Gasteiger charge is 2.17. The van der Waals surface area contributed by atoms with Gasteiger partial charge in [-0.2, -0.15) is 0 Å². The molecule has 0 spiro atoms. The van der Waals surface area contributed by atoms with E-state index in [0.717, 1.165) is 13.1 Å². The Kier molecular flexibility index (Phi) is 6.93. The molecule has 96 valence electrons. The van der Waals surface area contributed by atoms with E-state index in [1.54, 1.807) is 0 Å². The fraction of sp³-hybridized carbons (Fsp3) is 0.857. The van der Waals surface area contributed by atoms with Gasteiger partial charge in [-0.1, -0.05) is 25.5 Å². The highest BCUT2D eigenvalue weighted by atomic mass is 15.2. The maximum Gasteiger partial charge on any atom is 0.0221 e. The monoisotopic (exact) mass is 226 g/mol. The Labute approximate surface area is 102 Å². The summed E-state index contributed by atoms with van der Waals surface area (Å²) in [5.74, 6) is 0. The van der Waals surface area contributed by atoms with Gasteiger partial charge in [0.15, 0.2) is 0 Å². The molecule has 0 aromatic rings. The Morgan fingerprint density at radius 2 is 1.94 bits per heavy atom. The predicted molar refractivity (Wildman–Crippen MR) is 73.9 cm³/mol. The lowest BCUT2D eigenvalue weighted by Crippen LogP contribution is -2.46. The normalized spacial score (nSPS) is 14.2. The first kappa shape index (κ1) is 15.7. The van der Waals surface area contributed by atoms with Crippen molar-refractivity contribution in [2.24, 2.45) is 0 Å². The van der Waals surface area contributed by atoms with Crippen LogP contribution in [-0.2, 0) is 0 Å². The maximum absolute atomic E-state index is 3.98. The van der Waals surface area contributed by atoms with E-state index >= 15 is 0 Å². The molecule has 0 rings (SSSR count). The van der Waals surface area contributed by atoms with Gasteiger partial charge in [0.05, 0.1) is 0 Å². The minimum Gasteiger partial charge on any atom is -0.311 e. The molecule has 1 unspecified atom stereocenters. The molecular weight excluding hydrogens is 196 g/mol. The molecule has 0 bridgehead atoms. The zero-order chi connectivity index (χ0) is 12.8. The molecule has 0 aromatic heterocycles. The van der Waals surface area contributed by atoms with Crippen LogP contribution in [0.25, 0.3) is 0 Å². The van der Waals surface area contributed by atoms with Crippen molar-refractivity contribution in [3.63, 3.8) is 0 Å². The van der Waals surface area contributed by atoms with Gasteiger partial charge in [-0.25, -0.2) is 0 Å². The van der Waals surface area contributed by atoms with Gasteiger partial charge in [-0.05, 0) is 41.2 Å². The Balaban J connectivity index is 4.20. The van der Waals surface area contributed by atoms with Crippen LogP contribution in [0.4, 0.5) is 0 Å². The van der Waals surface area contributed by atoms with E-state index in [1.165, 1.54) is 18.4 Å². The van der Waals surface area contributed by atoms with Gasteiger partial charge in [-0.15, -0.1) is 0 Å². The van der Waals surface area contributed by atoms with Crippen LogP contribution in [0.3, 0.4) is 0 Å². The van der Waals surface area contributed by atoms with Crippen LogP contribution < -0.4 is 5.32 Å². The van der Waals surface area contributed by atoms with Crippen LogP contribution in [0, 0.1) is 0 Å². The number of nitrogens with one attached hydrogen (secondary N) is 1.